The van der Waals surface area contributed by atoms with E-state index in [0.29, 0.717) is 17.2 Å². The van der Waals surface area contributed by atoms with Gasteiger partial charge in [0, 0.05) is 29.3 Å². The number of nitrogens with one attached hydrogen (secondary N) is 1. The van der Waals surface area contributed by atoms with E-state index in [4.69, 9.17) is 4.74 Å². The normalized spacial score (nSPS) is 24.9. The molecule has 1 aliphatic rings. The van der Waals surface area contributed by atoms with Crippen LogP contribution < -0.4 is 10.1 Å². The van der Waals surface area contributed by atoms with Crippen LogP contribution >= 0.6 is 11.8 Å². The molecule has 0 saturated heterocycles. The van der Waals surface area contributed by atoms with E-state index in [1.807, 2.05) is 17.8 Å². The van der Waals surface area contributed by atoms with Crippen LogP contribution in [0.5, 0.6) is 5.75 Å². The number of hydrogen-bond acceptors (Lipinski definition) is 3. The molecule has 1 heterocycles. The highest BCUT2D eigenvalue weighted by molar-refractivity contribution is 7.99. The summed E-state index contributed by atoms with van der Waals surface area (Å²) in [6.07, 6.45) is 2.16. The molecule has 0 spiro atoms. The van der Waals surface area contributed by atoms with Crippen LogP contribution in [-0.2, 0) is 0 Å². The van der Waals surface area contributed by atoms with Crippen molar-refractivity contribution >= 4 is 11.8 Å². The number of fused-ring (bicyclic) bond motifs is 1. The summed E-state index contributed by atoms with van der Waals surface area (Å²) in [5, 5.41) is 4.33. The van der Waals surface area contributed by atoms with Gasteiger partial charge in [0.1, 0.15) is 5.75 Å². The largest absolute Gasteiger partial charge is 0.493 e. The molecule has 94 valence electrons. The molecular weight excluding hydrogens is 230 g/mol. The molecule has 0 amide bonds. The Morgan fingerprint density at radius 2 is 2.24 bits per heavy atom. The summed E-state index contributed by atoms with van der Waals surface area (Å²) in [6, 6.07) is 8.79. The summed E-state index contributed by atoms with van der Waals surface area (Å²) < 4.78 is 5.75. The van der Waals surface area contributed by atoms with Crippen LogP contribution in [0, 0.1) is 5.92 Å². The molecule has 3 unspecified atom stereocenters. The van der Waals surface area contributed by atoms with Gasteiger partial charge in [-0.1, -0.05) is 32.0 Å². The second-order valence-corrected chi connectivity index (χ2v) is 6.03. The van der Waals surface area contributed by atoms with Crippen molar-refractivity contribution in [2.75, 3.05) is 19.4 Å². The van der Waals surface area contributed by atoms with E-state index in [2.05, 4.69) is 43.6 Å². The standard InChI is InChI=1S/C14H21NOS/c1-10-9-16-13-7-5-4-6-12(13)14(10)15-8-11(2)17-3/h4-7,10-11,14-15H,8-9H2,1-3H3. The lowest BCUT2D eigenvalue weighted by molar-refractivity contribution is 0.189. The second-order valence-electron chi connectivity index (χ2n) is 4.76. The maximum absolute atomic E-state index is 5.75. The van der Waals surface area contributed by atoms with Crippen LogP contribution in [0.2, 0.25) is 0 Å². The first-order valence-electron chi connectivity index (χ1n) is 6.20. The first kappa shape index (κ1) is 12.8. The maximum atomic E-state index is 5.75. The van der Waals surface area contributed by atoms with Crippen molar-refractivity contribution in [2.45, 2.75) is 25.1 Å². The van der Waals surface area contributed by atoms with Gasteiger partial charge in [0.25, 0.3) is 0 Å². The molecule has 17 heavy (non-hydrogen) atoms. The summed E-state index contributed by atoms with van der Waals surface area (Å²) in [6.45, 7) is 6.36. The molecule has 1 aliphatic heterocycles. The van der Waals surface area contributed by atoms with Gasteiger partial charge in [-0.15, -0.1) is 0 Å². The zero-order chi connectivity index (χ0) is 12.3. The second kappa shape index (κ2) is 5.78. The molecule has 1 N–H and O–H groups in total. The first-order valence-corrected chi connectivity index (χ1v) is 7.49. The zero-order valence-electron chi connectivity index (χ0n) is 10.8. The lowest BCUT2D eigenvalue weighted by atomic mass is 9.92. The van der Waals surface area contributed by atoms with Gasteiger partial charge in [-0.3, -0.25) is 0 Å². The molecule has 0 saturated carbocycles. The molecule has 3 heteroatoms. The minimum absolute atomic E-state index is 0.426. The first-order chi connectivity index (χ1) is 8.22. The highest BCUT2D eigenvalue weighted by Gasteiger charge is 2.27. The minimum atomic E-state index is 0.426. The SMILES string of the molecule is CSC(C)CNC1c2ccccc2OCC1C. The highest BCUT2D eigenvalue weighted by Crippen LogP contribution is 2.34. The fraction of sp³-hybridized carbons (Fsp3) is 0.571. The Bertz CT molecular complexity index is 369. The Labute approximate surface area is 108 Å². The van der Waals surface area contributed by atoms with Crippen LogP contribution in [0.1, 0.15) is 25.5 Å². The van der Waals surface area contributed by atoms with Gasteiger partial charge in [-0.2, -0.15) is 11.8 Å². The molecule has 3 atom stereocenters. The van der Waals surface area contributed by atoms with Gasteiger partial charge in [0.15, 0.2) is 0 Å². The molecule has 1 aromatic carbocycles. The smallest absolute Gasteiger partial charge is 0.124 e. The van der Waals surface area contributed by atoms with Crippen LogP contribution in [0.4, 0.5) is 0 Å². The van der Waals surface area contributed by atoms with Crippen molar-refractivity contribution < 1.29 is 4.74 Å². The van der Waals surface area contributed by atoms with Crippen LogP contribution in [0.15, 0.2) is 24.3 Å². The number of ether oxygens (including phenoxy) is 1. The Morgan fingerprint density at radius 3 is 3.00 bits per heavy atom. The predicted octanol–water partition coefficient (Wildman–Crippen LogP) is 3.10. The number of hydrogen-bond donors (Lipinski definition) is 1. The van der Waals surface area contributed by atoms with E-state index in [1.165, 1.54) is 5.56 Å². The summed E-state index contributed by atoms with van der Waals surface area (Å²) in [5.41, 5.74) is 1.31. The topological polar surface area (TPSA) is 21.3 Å². The Balaban J connectivity index is 2.10. The lowest BCUT2D eigenvalue weighted by Gasteiger charge is -2.32. The van der Waals surface area contributed by atoms with Crippen molar-refractivity contribution in [2.24, 2.45) is 5.92 Å². The Morgan fingerprint density at radius 1 is 1.47 bits per heavy atom. The third-order valence-corrected chi connectivity index (χ3v) is 4.32. The third-order valence-electron chi connectivity index (χ3n) is 3.35. The van der Waals surface area contributed by atoms with Crippen molar-refractivity contribution in [3.05, 3.63) is 29.8 Å². The Hall–Kier alpha value is -0.670. The highest BCUT2D eigenvalue weighted by atomic mass is 32.2. The van der Waals surface area contributed by atoms with Gasteiger partial charge in [-0.25, -0.2) is 0 Å². The maximum Gasteiger partial charge on any atom is 0.124 e. The molecule has 0 radical (unpaired) electrons. The molecule has 2 rings (SSSR count). The van der Waals surface area contributed by atoms with E-state index >= 15 is 0 Å². The molecule has 2 nitrogen and oxygen atoms in total. The van der Waals surface area contributed by atoms with Gasteiger partial charge >= 0.3 is 0 Å². The van der Waals surface area contributed by atoms with Gasteiger partial charge < -0.3 is 10.1 Å². The monoisotopic (exact) mass is 251 g/mol. The molecular formula is C14H21NOS. The van der Waals surface area contributed by atoms with E-state index < -0.39 is 0 Å². The van der Waals surface area contributed by atoms with Crippen molar-refractivity contribution in [3.63, 3.8) is 0 Å². The van der Waals surface area contributed by atoms with Gasteiger partial charge in [-0.05, 0) is 12.3 Å². The quantitative estimate of drug-likeness (QED) is 0.888. The van der Waals surface area contributed by atoms with Crippen molar-refractivity contribution in [3.8, 4) is 5.75 Å². The van der Waals surface area contributed by atoms with Crippen molar-refractivity contribution in [1.29, 1.82) is 0 Å². The molecule has 1 aromatic rings. The molecule has 0 aliphatic carbocycles. The predicted molar refractivity (Wildman–Crippen MR) is 74.8 cm³/mol. The lowest BCUT2D eigenvalue weighted by Crippen LogP contribution is -2.36. The molecule has 0 bridgehead atoms. The van der Waals surface area contributed by atoms with Gasteiger partial charge in [0.2, 0.25) is 0 Å². The minimum Gasteiger partial charge on any atom is -0.493 e. The van der Waals surface area contributed by atoms with Crippen LogP contribution in [0.25, 0.3) is 0 Å². The van der Waals surface area contributed by atoms with E-state index in [-0.39, 0.29) is 0 Å². The third kappa shape index (κ3) is 2.96. The van der Waals surface area contributed by atoms with E-state index in [9.17, 15) is 0 Å². The number of benzene rings is 1. The summed E-state index contributed by atoms with van der Waals surface area (Å²) in [4.78, 5) is 0. The summed E-state index contributed by atoms with van der Waals surface area (Å²) >= 11 is 1.90. The van der Waals surface area contributed by atoms with E-state index in [0.717, 1.165) is 18.9 Å². The van der Waals surface area contributed by atoms with Crippen LogP contribution in [-0.4, -0.2) is 24.7 Å². The van der Waals surface area contributed by atoms with E-state index in [1.54, 1.807) is 0 Å². The summed E-state index contributed by atoms with van der Waals surface area (Å²) in [5.74, 6) is 1.57. The zero-order valence-corrected chi connectivity index (χ0v) is 11.6. The summed E-state index contributed by atoms with van der Waals surface area (Å²) in [7, 11) is 0. The average Bonchev–Trinajstić information content (AvgIpc) is 2.37. The average molecular weight is 251 g/mol. The number of rotatable bonds is 4. The Kier molecular flexibility index (Phi) is 4.35. The molecule has 0 fully saturated rings. The van der Waals surface area contributed by atoms with Gasteiger partial charge in [0.05, 0.1) is 6.61 Å². The number of thioether (sulfide) groups is 1. The number of para-hydroxylation sites is 1. The van der Waals surface area contributed by atoms with Crippen LogP contribution in [0.3, 0.4) is 0 Å². The fourth-order valence-corrected chi connectivity index (χ4v) is 2.44. The van der Waals surface area contributed by atoms with Crippen molar-refractivity contribution in [1.82, 2.24) is 5.32 Å². The fourth-order valence-electron chi connectivity index (χ4n) is 2.18. The molecule has 0 aromatic heterocycles.